The molecule has 0 saturated heterocycles. The topological polar surface area (TPSA) is 38.9 Å². The zero-order chi connectivity index (χ0) is 8.55. The van der Waals surface area contributed by atoms with Crippen LogP contribution in [0.2, 0.25) is 0 Å². The van der Waals surface area contributed by atoms with Gasteiger partial charge >= 0.3 is 0 Å². The molecule has 1 unspecified atom stereocenters. The van der Waals surface area contributed by atoms with Crippen molar-refractivity contribution < 1.29 is 0 Å². The maximum absolute atomic E-state index is 5.98. The number of thiazole rings is 1. The molecule has 2 N–H and O–H groups in total. The van der Waals surface area contributed by atoms with Crippen molar-refractivity contribution in [1.82, 2.24) is 4.98 Å². The summed E-state index contributed by atoms with van der Waals surface area (Å²) >= 11 is 1.71. The van der Waals surface area contributed by atoms with E-state index in [2.05, 4.69) is 10.4 Å². The van der Waals surface area contributed by atoms with Crippen molar-refractivity contribution in [1.29, 1.82) is 0 Å². The molecule has 0 radical (unpaired) electrons. The second-order valence-electron chi connectivity index (χ2n) is 3.56. The Labute approximate surface area is 76.8 Å². The number of aryl methyl sites for hydroxylation is 1. The Hall–Kier alpha value is -0.410. The van der Waals surface area contributed by atoms with Crippen LogP contribution in [0.1, 0.15) is 23.5 Å². The molecule has 1 aliphatic rings. The highest BCUT2D eigenvalue weighted by Gasteiger charge is 2.28. The van der Waals surface area contributed by atoms with Gasteiger partial charge in [0.2, 0.25) is 0 Å². The molecule has 1 atom stereocenters. The second kappa shape index (κ2) is 3.15. The van der Waals surface area contributed by atoms with E-state index in [4.69, 9.17) is 5.73 Å². The summed E-state index contributed by atoms with van der Waals surface area (Å²) in [6, 6.07) is 0.353. The third-order valence-corrected chi connectivity index (χ3v) is 3.16. The van der Waals surface area contributed by atoms with E-state index in [1.54, 1.807) is 11.3 Å². The summed E-state index contributed by atoms with van der Waals surface area (Å²) in [5.41, 5.74) is 7.16. The van der Waals surface area contributed by atoms with Crippen molar-refractivity contribution in [3.8, 4) is 0 Å². The van der Waals surface area contributed by atoms with Gasteiger partial charge in [0.25, 0.3) is 0 Å². The number of nitrogens with two attached hydrogens (primary N) is 1. The average molecular weight is 182 g/mol. The van der Waals surface area contributed by atoms with Gasteiger partial charge in [-0.05, 0) is 25.7 Å². The summed E-state index contributed by atoms with van der Waals surface area (Å²) in [5.74, 6) is 0.784. The van der Waals surface area contributed by atoms with Gasteiger partial charge in [0, 0.05) is 17.8 Å². The Bertz CT molecular complexity index is 265. The van der Waals surface area contributed by atoms with Gasteiger partial charge in [-0.25, -0.2) is 4.98 Å². The van der Waals surface area contributed by atoms with Crippen molar-refractivity contribution in [2.24, 2.45) is 11.7 Å². The first kappa shape index (κ1) is 8.20. The molecular weight excluding hydrogens is 168 g/mol. The van der Waals surface area contributed by atoms with E-state index in [1.807, 2.05) is 6.92 Å². The summed E-state index contributed by atoms with van der Waals surface area (Å²) < 4.78 is 0. The summed E-state index contributed by atoms with van der Waals surface area (Å²) in [7, 11) is 0. The van der Waals surface area contributed by atoms with E-state index in [-0.39, 0.29) is 0 Å². The van der Waals surface area contributed by atoms with Gasteiger partial charge in [-0.1, -0.05) is 0 Å². The van der Waals surface area contributed by atoms with Gasteiger partial charge in [0.05, 0.1) is 10.7 Å². The van der Waals surface area contributed by atoms with Crippen molar-refractivity contribution in [2.75, 3.05) is 0 Å². The third kappa shape index (κ3) is 1.84. The molecular formula is C9H14N2S. The molecule has 66 valence electrons. The van der Waals surface area contributed by atoms with Crippen LogP contribution < -0.4 is 5.73 Å². The minimum atomic E-state index is 0.353. The maximum atomic E-state index is 5.98. The highest BCUT2D eigenvalue weighted by Crippen LogP contribution is 2.32. The van der Waals surface area contributed by atoms with E-state index in [9.17, 15) is 0 Å². The fourth-order valence-electron chi connectivity index (χ4n) is 1.43. The molecule has 1 aromatic heterocycles. The summed E-state index contributed by atoms with van der Waals surface area (Å²) in [6.45, 7) is 2.04. The van der Waals surface area contributed by atoms with E-state index < -0.39 is 0 Å². The summed E-state index contributed by atoms with van der Waals surface area (Å²) in [6.07, 6.45) is 3.61. The van der Waals surface area contributed by atoms with Crippen molar-refractivity contribution in [2.45, 2.75) is 32.2 Å². The van der Waals surface area contributed by atoms with Crippen molar-refractivity contribution >= 4 is 11.3 Å². The van der Waals surface area contributed by atoms with Gasteiger partial charge < -0.3 is 5.73 Å². The van der Waals surface area contributed by atoms with E-state index in [0.717, 1.165) is 17.3 Å². The molecule has 0 amide bonds. The van der Waals surface area contributed by atoms with Crippen LogP contribution >= 0.6 is 11.3 Å². The Morgan fingerprint density at radius 1 is 1.75 bits per heavy atom. The zero-order valence-electron chi connectivity index (χ0n) is 7.29. The first-order valence-corrected chi connectivity index (χ1v) is 5.30. The third-order valence-electron chi connectivity index (χ3n) is 2.34. The minimum absolute atomic E-state index is 0.353. The van der Waals surface area contributed by atoms with Crippen LogP contribution in [0, 0.1) is 12.8 Å². The number of aromatic nitrogens is 1. The van der Waals surface area contributed by atoms with Crippen molar-refractivity contribution in [3.05, 3.63) is 16.1 Å². The first-order valence-electron chi connectivity index (χ1n) is 4.42. The van der Waals surface area contributed by atoms with Crippen LogP contribution in [-0.4, -0.2) is 11.0 Å². The lowest BCUT2D eigenvalue weighted by atomic mass is 10.1. The fourth-order valence-corrected chi connectivity index (χ4v) is 2.06. The standard InChI is InChI=1S/C9H14N2S/c1-6-11-8(5-12-6)4-9(10)7-2-3-7/h5,7,9H,2-4,10H2,1H3. The summed E-state index contributed by atoms with van der Waals surface area (Å²) in [4.78, 5) is 4.40. The van der Waals surface area contributed by atoms with Gasteiger partial charge in [-0.3, -0.25) is 0 Å². The molecule has 0 aliphatic heterocycles. The largest absolute Gasteiger partial charge is 0.327 e. The van der Waals surface area contributed by atoms with Gasteiger partial charge in [0.15, 0.2) is 0 Å². The van der Waals surface area contributed by atoms with Crippen LogP contribution in [0.3, 0.4) is 0 Å². The SMILES string of the molecule is Cc1nc(CC(N)C2CC2)cs1. The van der Waals surface area contributed by atoms with Gasteiger partial charge in [0.1, 0.15) is 0 Å². The minimum Gasteiger partial charge on any atom is -0.327 e. The highest BCUT2D eigenvalue weighted by molar-refractivity contribution is 7.09. The average Bonchev–Trinajstić information content (AvgIpc) is 2.78. The zero-order valence-corrected chi connectivity index (χ0v) is 8.10. The molecule has 0 bridgehead atoms. The van der Waals surface area contributed by atoms with Crippen LogP contribution in [0.5, 0.6) is 0 Å². The number of hydrogen-bond donors (Lipinski definition) is 1. The molecule has 2 rings (SSSR count). The van der Waals surface area contributed by atoms with E-state index in [0.29, 0.717) is 6.04 Å². The number of rotatable bonds is 3. The van der Waals surface area contributed by atoms with Gasteiger partial charge in [-0.2, -0.15) is 0 Å². The Kier molecular flexibility index (Phi) is 2.15. The fraction of sp³-hybridized carbons (Fsp3) is 0.667. The molecule has 12 heavy (non-hydrogen) atoms. The van der Waals surface area contributed by atoms with E-state index >= 15 is 0 Å². The molecule has 1 fully saturated rings. The molecule has 0 aromatic carbocycles. The predicted octanol–water partition coefficient (Wildman–Crippen LogP) is 1.73. The maximum Gasteiger partial charge on any atom is 0.0897 e. The Morgan fingerprint density at radius 3 is 3.00 bits per heavy atom. The Morgan fingerprint density at radius 2 is 2.50 bits per heavy atom. The molecule has 2 nitrogen and oxygen atoms in total. The van der Waals surface area contributed by atoms with E-state index in [1.165, 1.54) is 18.5 Å². The molecule has 1 aliphatic carbocycles. The van der Waals surface area contributed by atoms with Crippen molar-refractivity contribution in [3.63, 3.8) is 0 Å². The van der Waals surface area contributed by atoms with Crippen LogP contribution in [0.15, 0.2) is 5.38 Å². The molecule has 0 spiro atoms. The monoisotopic (exact) mass is 182 g/mol. The Balaban J connectivity index is 1.93. The van der Waals surface area contributed by atoms with Gasteiger partial charge in [-0.15, -0.1) is 11.3 Å². The number of hydrogen-bond acceptors (Lipinski definition) is 3. The number of nitrogens with zero attached hydrogens (tertiary/aromatic N) is 1. The lowest BCUT2D eigenvalue weighted by molar-refractivity contribution is 0.585. The molecule has 1 saturated carbocycles. The highest BCUT2D eigenvalue weighted by atomic mass is 32.1. The first-order chi connectivity index (χ1) is 5.75. The predicted molar refractivity (Wildman–Crippen MR) is 51.3 cm³/mol. The van der Waals surface area contributed by atoms with Crippen LogP contribution in [0.25, 0.3) is 0 Å². The second-order valence-corrected chi connectivity index (χ2v) is 4.63. The molecule has 1 aromatic rings. The summed E-state index contributed by atoms with van der Waals surface area (Å²) in [5, 5.41) is 3.27. The molecule has 1 heterocycles. The quantitative estimate of drug-likeness (QED) is 0.773. The van der Waals surface area contributed by atoms with Crippen LogP contribution in [0.4, 0.5) is 0 Å². The lowest BCUT2D eigenvalue weighted by Gasteiger charge is -2.06. The molecule has 3 heteroatoms. The van der Waals surface area contributed by atoms with Crippen LogP contribution in [-0.2, 0) is 6.42 Å². The lowest BCUT2D eigenvalue weighted by Crippen LogP contribution is -2.25. The smallest absolute Gasteiger partial charge is 0.0897 e. The normalized spacial score (nSPS) is 19.5.